The number of nitrogens with one attached hydrogen (secondary N) is 1. The van der Waals surface area contributed by atoms with Crippen LogP contribution in [0, 0.1) is 0 Å². The Balaban J connectivity index is 1.64. The van der Waals surface area contributed by atoms with E-state index < -0.39 is 5.66 Å². The van der Waals surface area contributed by atoms with Gasteiger partial charge in [-0.2, -0.15) is 0 Å². The molecular formula is C20H18BrN3O3. The maximum absolute atomic E-state index is 13.1. The topological polar surface area (TPSA) is 69.7 Å². The third kappa shape index (κ3) is 2.92. The average molecular weight is 428 g/mol. The van der Waals surface area contributed by atoms with Gasteiger partial charge in [0.25, 0.3) is 5.91 Å². The van der Waals surface area contributed by atoms with E-state index in [0.717, 1.165) is 4.47 Å². The summed E-state index contributed by atoms with van der Waals surface area (Å²) in [4.78, 5) is 41.4. The van der Waals surface area contributed by atoms with E-state index in [2.05, 4.69) is 21.2 Å². The van der Waals surface area contributed by atoms with Crippen molar-refractivity contribution in [2.75, 3.05) is 16.8 Å². The van der Waals surface area contributed by atoms with Gasteiger partial charge in [-0.05, 0) is 49.7 Å². The second-order valence-electron chi connectivity index (χ2n) is 6.91. The fraction of sp³-hybridized carbons (Fsp3) is 0.250. The van der Waals surface area contributed by atoms with Gasteiger partial charge < -0.3 is 10.2 Å². The highest BCUT2D eigenvalue weighted by Crippen LogP contribution is 2.43. The summed E-state index contributed by atoms with van der Waals surface area (Å²) < 4.78 is 0.913. The van der Waals surface area contributed by atoms with Gasteiger partial charge in [0.05, 0.1) is 11.3 Å². The molecule has 0 saturated carbocycles. The van der Waals surface area contributed by atoms with Crippen molar-refractivity contribution in [1.29, 1.82) is 0 Å². The average Bonchev–Trinajstić information content (AvgIpc) is 2.96. The van der Waals surface area contributed by atoms with Crippen molar-refractivity contribution in [2.45, 2.75) is 25.4 Å². The fourth-order valence-corrected chi connectivity index (χ4v) is 4.08. The lowest BCUT2D eigenvalue weighted by molar-refractivity contribution is -0.120. The number of amides is 3. The van der Waals surface area contributed by atoms with Crippen molar-refractivity contribution in [3.63, 3.8) is 0 Å². The number of para-hydroxylation sites is 1. The van der Waals surface area contributed by atoms with Crippen LogP contribution >= 0.6 is 15.9 Å². The first-order valence-electron chi connectivity index (χ1n) is 8.69. The van der Waals surface area contributed by atoms with E-state index in [-0.39, 0.29) is 24.3 Å². The first kappa shape index (κ1) is 17.7. The van der Waals surface area contributed by atoms with Gasteiger partial charge in [0.1, 0.15) is 12.2 Å². The lowest BCUT2D eigenvalue weighted by Crippen LogP contribution is -2.63. The molecule has 7 heteroatoms. The molecule has 3 amide bonds. The molecule has 1 N–H and O–H groups in total. The molecule has 2 aromatic rings. The second-order valence-corrected chi connectivity index (χ2v) is 7.83. The molecule has 1 unspecified atom stereocenters. The van der Waals surface area contributed by atoms with Crippen LogP contribution in [-0.4, -0.2) is 34.8 Å². The highest BCUT2D eigenvalue weighted by atomic mass is 79.9. The first-order chi connectivity index (χ1) is 12.9. The van der Waals surface area contributed by atoms with Gasteiger partial charge in [-0.1, -0.05) is 28.1 Å². The quantitative estimate of drug-likeness (QED) is 0.815. The monoisotopic (exact) mass is 427 g/mol. The molecule has 4 rings (SSSR count). The fourth-order valence-electron chi connectivity index (χ4n) is 3.82. The molecule has 6 nitrogen and oxygen atoms in total. The Labute approximate surface area is 165 Å². The molecule has 27 heavy (non-hydrogen) atoms. The minimum absolute atomic E-state index is 0.0317. The van der Waals surface area contributed by atoms with Crippen molar-refractivity contribution in [3.05, 3.63) is 58.6 Å². The van der Waals surface area contributed by atoms with E-state index in [1.54, 1.807) is 35.2 Å². The molecule has 0 bridgehead atoms. The highest BCUT2D eigenvalue weighted by molar-refractivity contribution is 9.10. The number of rotatable bonds is 3. The van der Waals surface area contributed by atoms with Crippen LogP contribution in [0.1, 0.15) is 30.1 Å². The summed E-state index contributed by atoms with van der Waals surface area (Å²) in [6.07, 6.45) is 0.848. The maximum atomic E-state index is 13.1. The third-order valence-electron chi connectivity index (χ3n) is 5.18. The van der Waals surface area contributed by atoms with Crippen molar-refractivity contribution >= 4 is 45.0 Å². The minimum atomic E-state index is -0.834. The number of hydrogen-bond donors (Lipinski definition) is 1. The van der Waals surface area contributed by atoms with Crippen LogP contribution in [0.4, 0.5) is 11.4 Å². The molecule has 2 aliphatic heterocycles. The summed E-state index contributed by atoms with van der Waals surface area (Å²) >= 11 is 3.35. The van der Waals surface area contributed by atoms with Crippen LogP contribution < -0.4 is 10.2 Å². The number of nitrogens with zero attached hydrogens (tertiary/aromatic N) is 2. The van der Waals surface area contributed by atoms with Crippen LogP contribution in [0.25, 0.3) is 0 Å². The third-order valence-corrected chi connectivity index (χ3v) is 5.70. The summed E-state index contributed by atoms with van der Waals surface area (Å²) in [5.74, 6) is -0.564. The Hall–Kier alpha value is -2.67. The number of anilines is 2. The molecule has 1 saturated heterocycles. The van der Waals surface area contributed by atoms with Gasteiger partial charge in [0, 0.05) is 16.6 Å². The molecule has 0 aromatic heterocycles. The summed E-state index contributed by atoms with van der Waals surface area (Å²) in [7, 11) is 0. The number of carbonyl (C=O) groups is 3. The van der Waals surface area contributed by atoms with Gasteiger partial charge in [-0.25, -0.2) is 0 Å². The second kappa shape index (κ2) is 6.49. The van der Waals surface area contributed by atoms with E-state index in [1.165, 1.54) is 4.90 Å². The predicted octanol–water partition coefficient (Wildman–Crippen LogP) is 3.39. The van der Waals surface area contributed by atoms with E-state index in [4.69, 9.17) is 0 Å². The normalized spacial score (nSPS) is 21.1. The smallest absolute Gasteiger partial charge is 0.258 e. The van der Waals surface area contributed by atoms with Gasteiger partial charge >= 0.3 is 0 Å². The molecule has 138 valence electrons. The molecular weight excluding hydrogens is 410 g/mol. The number of carbonyl (C=O) groups excluding carboxylic acids is 3. The van der Waals surface area contributed by atoms with Gasteiger partial charge in [0.15, 0.2) is 0 Å². The molecule has 0 radical (unpaired) electrons. The van der Waals surface area contributed by atoms with Crippen molar-refractivity contribution in [2.24, 2.45) is 0 Å². The Bertz CT molecular complexity index is 944. The molecule has 1 atom stereocenters. The van der Waals surface area contributed by atoms with Crippen LogP contribution in [0.5, 0.6) is 0 Å². The van der Waals surface area contributed by atoms with E-state index in [0.29, 0.717) is 29.8 Å². The molecule has 0 aliphatic carbocycles. The molecule has 2 heterocycles. The highest BCUT2D eigenvalue weighted by Gasteiger charge is 2.53. The molecule has 2 aromatic carbocycles. The van der Waals surface area contributed by atoms with Crippen molar-refractivity contribution < 1.29 is 14.4 Å². The number of halogens is 1. The summed E-state index contributed by atoms with van der Waals surface area (Å²) in [5, 5.41) is 2.81. The summed E-state index contributed by atoms with van der Waals surface area (Å²) in [5.41, 5.74) is 0.885. The Morgan fingerprint density at radius 2 is 1.85 bits per heavy atom. The maximum Gasteiger partial charge on any atom is 0.258 e. The SMILES string of the molecule is CC12CCC(=O)N1c1ccccc1C(=O)N2CC(=O)Nc1ccc(Br)cc1. The van der Waals surface area contributed by atoms with Gasteiger partial charge in [-0.15, -0.1) is 0 Å². The zero-order valence-corrected chi connectivity index (χ0v) is 16.3. The van der Waals surface area contributed by atoms with Gasteiger partial charge in [-0.3, -0.25) is 19.3 Å². The Morgan fingerprint density at radius 1 is 1.15 bits per heavy atom. The number of benzene rings is 2. The minimum Gasteiger partial charge on any atom is -0.325 e. The standard InChI is InChI=1S/C20H18BrN3O3/c1-20-11-10-18(26)24(20)16-5-3-2-4-15(16)19(27)23(20)12-17(25)22-14-8-6-13(21)7-9-14/h2-9H,10-12H2,1H3,(H,22,25). The molecule has 0 spiro atoms. The zero-order chi connectivity index (χ0) is 19.2. The molecule has 2 aliphatic rings. The summed E-state index contributed by atoms with van der Waals surface area (Å²) in [6, 6.07) is 14.3. The van der Waals surface area contributed by atoms with E-state index >= 15 is 0 Å². The lowest BCUT2D eigenvalue weighted by Gasteiger charge is -2.48. The lowest BCUT2D eigenvalue weighted by atomic mass is 9.98. The molecule has 1 fully saturated rings. The van der Waals surface area contributed by atoms with E-state index in [9.17, 15) is 14.4 Å². The predicted molar refractivity (Wildman–Crippen MR) is 105 cm³/mol. The van der Waals surface area contributed by atoms with Crippen molar-refractivity contribution in [3.8, 4) is 0 Å². The van der Waals surface area contributed by atoms with Crippen LogP contribution in [-0.2, 0) is 9.59 Å². The first-order valence-corrected chi connectivity index (χ1v) is 9.49. The number of fused-ring (bicyclic) bond motifs is 3. The van der Waals surface area contributed by atoms with Crippen molar-refractivity contribution in [1.82, 2.24) is 4.90 Å². The summed E-state index contributed by atoms with van der Waals surface area (Å²) in [6.45, 7) is 1.72. The Morgan fingerprint density at radius 3 is 2.59 bits per heavy atom. The van der Waals surface area contributed by atoms with Crippen LogP contribution in [0.15, 0.2) is 53.0 Å². The van der Waals surface area contributed by atoms with Gasteiger partial charge in [0.2, 0.25) is 11.8 Å². The number of hydrogen-bond acceptors (Lipinski definition) is 3. The van der Waals surface area contributed by atoms with Crippen LogP contribution in [0.2, 0.25) is 0 Å². The largest absolute Gasteiger partial charge is 0.325 e. The van der Waals surface area contributed by atoms with Crippen LogP contribution in [0.3, 0.4) is 0 Å². The zero-order valence-electron chi connectivity index (χ0n) is 14.7. The van der Waals surface area contributed by atoms with E-state index in [1.807, 2.05) is 25.1 Å². The Kier molecular flexibility index (Phi) is 4.26.